The van der Waals surface area contributed by atoms with Gasteiger partial charge in [-0.1, -0.05) is 119 Å². The van der Waals surface area contributed by atoms with Gasteiger partial charge in [-0.3, -0.25) is 9.09 Å². The van der Waals surface area contributed by atoms with E-state index in [1.807, 2.05) is 48.5 Å². The van der Waals surface area contributed by atoms with Crippen LogP contribution in [0.25, 0.3) is 33.3 Å². The van der Waals surface area contributed by atoms with Gasteiger partial charge in [0, 0.05) is 15.0 Å². The Kier molecular flexibility index (Phi) is 9.42. The van der Waals surface area contributed by atoms with E-state index in [-0.39, 0.29) is 11.3 Å². The highest BCUT2D eigenvalue weighted by Gasteiger charge is 2.29. The quantitative estimate of drug-likeness (QED) is 0.0826. The molecule has 10 heteroatoms. The average molecular weight is 755 g/mol. The van der Waals surface area contributed by atoms with Crippen molar-refractivity contribution in [1.82, 2.24) is 9.97 Å². The van der Waals surface area contributed by atoms with Crippen LogP contribution in [0.4, 0.5) is 0 Å². The number of benzene rings is 5. The van der Waals surface area contributed by atoms with Gasteiger partial charge in [0.05, 0.1) is 27.5 Å². The number of hydrogen-bond acceptors (Lipinski definition) is 4. The van der Waals surface area contributed by atoms with E-state index in [1.165, 1.54) is 6.07 Å². The van der Waals surface area contributed by atoms with E-state index in [1.54, 1.807) is 36.4 Å². The molecule has 2 N–H and O–H groups in total. The predicted octanol–water partition coefficient (Wildman–Crippen LogP) is 10.4. The summed E-state index contributed by atoms with van der Waals surface area (Å²) in [5.41, 5.74) is 6.18. The van der Waals surface area contributed by atoms with Gasteiger partial charge < -0.3 is 14.6 Å². The summed E-state index contributed by atoms with van der Waals surface area (Å²) < 4.78 is 26.0. The first kappa shape index (κ1) is 30.8. The average Bonchev–Trinajstić information content (AvgIpc) is 3.42. The third-order valence-electron chi connectivity index (χ3n) is 7.07. The Bertz CT molecular complexity index is 1970. The van der Waals surface area contributed by atoms with Crippen molar-refractivity contribution < 1.29 is 18.7 Å². The number of ether oxygens (including phenoxy) is 1. The molecular formula is C34H26Cl2IN2O4P. The molecule has 2 unspecified atom stereocenters. The molecule has 1 heterocycles. The minimum atomic E-state index is -4.22. The lowest BCUT2D eigenvalue weighted by Gasteiger charge is -2.21. The van der Waals surface area contributed by atoms with Gasteiger partial charge in [-0.05, 0) is 71.1 Å². The Morgan fingerprint density at radius 3 is 2.32 bits per heavy atom. The first-order valence-electron chi connectivity index (χ1n) is 13.8. The summed E-state index contributed by atoms with van der Waals surface area (Å²) in [5.74, 6) is 0.329. The topological polar surface area (TPSA) is 84.4 Å². The molecule has 1 aromatic heterocycles. The fraction of sp³-hybridized carbons (Fsp3) is 0.0882. The van der Waals surface area contributed by atoms with E-state index in [9.17, 15) is 9.46 Å². The summed E-state index contributed by atoms with van der Waals surface area (Å²) >= 11 is 15.1. The molecule has 0 aliphatic carbocycles. The number of H-pyrrole nitrogens is 1. The third kappa shape index (κ3) is 7.04. The standard InChI is InChI=1S/C34H26Cl2IN2O4P/c35-26-9-4-8-25(18-26)33(16-17-37)43-44(40,41)28-11-5-10-27(19-28)42-34-38-31-20-29(30(36)21-32(31)39-34)24-14-12-23(13-15-24)22-6-2-1-3-7-22/h1-15,18-21,33H,16-17H2,(H,38,39)(H,40,41). The largest absolute Gasteiger partial charge is 0.426 e. The molecular weight excluding hydrogens is 729 g/mol. The lowest BCUT2D eigenvalue weighted by molar-refractivity contribution is 0.180. The van der Waals surface area contributed by atoms with Crippen LogP contribution in [0, 0.1) is 0 Å². The lowest BCUT2D eigenvalue weighted by Crippen LogP contribution is -2.12. The SMILES string of the molecule is O=P(O)(OC(CCI)c1cccc(Cl)c1)c1cccc(Oc2nc3cc(-c4ccc(-c5ccccc5)cc4)c(Cl)cc3[nH]2)c1. The molecule has 0 amide bonds. The summed E-state index contributed by atoms with van der Waals surface area (Å²) in [6, 6.07) is 35.8. The Hall–Kier alpha value is -3.17. The van der Waals surface area contributed by atoms with Crippen LogP contribution in [0.3, 0.4) is 0 Å². The zero-order valence-electron chi connectivity index (χ0n) is 23.2. The normalized spacial score (nSPS) is 13.5. The lowest BCUT2D eigenvalue weighted by atomic mass is 10.00. The number of halogens is 3. The fourth-order valence-corrected chi connectivity index (χ4v) is 7.20. The first-order valence-corrected chi connectivity index (χ1v) is 17.6. The molecule has 0 spiro atoms. The molecule has 222 valence electrons. The van der Waals surface area contributed by atoms with Gasteiger partial charge >= 0.3 is 7.60 Å². The van der Waals surface area contributed by atoms with Crippen molar-refractivity contribution in [2.45, 2.75) is 12.5 Å². The molecule has 0 saturated carbocycles. The number of aromatic nitrogens is 2. The molecule has 2 atom stereocenters. The molecule has 6 aromatic rings. The third-order valence-corrected chi connectivity index (χ3v) is 9.71. The van der Waals surface area contributed by atoms with Gasteiger partial charge in [0.1, 0.15) is 5.75 Å². The van der Waals surface area contributed by atoms with Crippen LogP contribution < -0.4 is 10.0 Å². The number of aromatic amines is 1. The number of nitrogens with zero attached hydrogens (tertiary/aromatic N) is 1. The van der Waals surface area contributed by atoms with E-state index in [4.69, 9.17) is 32.5 Å². The van der Waals surface area contributed by atoms with E-state index in [2.05, 4.69) is 56.8 Å². The maximum absolute atomic E-state index is 13.4. The number of alkyl halides is 1. The summed E-state index contributed by atoms with van der Waals surface area (Å²) in [4.78, 5) is 18.7. The van der Waals surface area contributed by atoms with Gasteiger partial charge in [-0.15, -0.1) is 0 Å². The minimum absolute atomic E-state index is 0.107. The van der Waals surface area contributed by atoms with Crippen LogP contribution in [-0.2, 0) is 9.09 Å². The van der Waals surface area contributed by atoms with Crippen molar-refractivity contribution in [3.05, 3.63) is 131 Å². The van der Waals surface area contributed by atoms with Crippen LogP contribution in [0.1, 0.15) is 18.1 Å². The number of nitrogens with one attached hydrogen (secondary N) is 1. The molecule has 0 aliphatic heterocycles. The van der Waals surface area contributed by atoms with E-state index < -0.39 is 13.7 Å². The Labute approximate surface area is 278 Å². The van der Waals surface area contributed by atoms with Gasteiger partial charge in [-0.25, -0.2) is 0 Å². The Morgan fingerprint density at radius 2 is 1.57 bits per heavy atom. The van der Waals surface area contributed by atoms with Crippen LogP contribution in [0.5, 0.6) is 11.8 Å². The summed E-state index contributed by atoms with van der Waals surface area (Å²) in [5, 5.41) is 1.21. The molecule has 6 rings (SSSR count). The molecule has 0 fully saturated rings. The van der Waals surface area contributed by atoms with Crippen LogP contribution >= 0.6 is 53.4 Å². The van der Waals surface area contributed by atoms with Crippen LogP contribution in [-0.4, -0.2) is 19.3 Å². The second-order valence-corrected chi connectivity index (χ2v) is 13.8. The van der Waals surface area contributed by atoms with Crippen LogP contribution in [0.15, 0.2) is 115 Å². The smallest absolute Gasteiger partial charge is 0.359 e. The maximum Gasteiger partial charge on any atom is 0.359 e. The zero-order chi connectivity index (χ0) is 30.7. The monoisotopic (exact) mass is 754 g/mol. The maximum atomic E-state index is 13.4. The summed E-state index contributed by atoms with van der Waals surface area (Å²) in [7, 11) is -4.22. The van der Waals surface area contributed by atoms with Gasteiger partial charge in [-0.2, -0.15) is 4.98 Å². The summed E-state index contributed by atoms with van der Waals surface area (Å²) in [6.45, 7) is 0. The Morgan fingerprint density at radius 1 is 0.841 bits per heavy atom. The minimum Gasteiger partial charge on any atom is -0.426 e. The number of fused-ring (bicyclic) bond motifs is 1. The molecule has 0 aliphatic rings. The highest BCUT2D eigenvalue weighted by Crippen LogP contribution is 2.47. The van der Waals surface area contributed by atoms with Crippen LogP contribution in [0.2, 0.25) is 10.0 Å². The van der Waals surface area contributed by atoms with Crippen molar-refractivity contribution in [3.63, 3.8) is 0 Å². The summed E-state index contributed by atoms with van der Waals surface area (Å²) in [6.07, 6.45) is -0.0580. The molecule has 44 heavy (non-hydrogen) atoms. The molecule has 0 radical (unpaired) electrons. The number of hydrogen-bond donors (Lipinski definition) is 2. The van der Waals surface area contributed by atoms with Crippen molar-refractivity contribution in [2.75, 3.05) is 4.43 Å². The van der Waals surface area contributed by atoms with E-state index in [0.29, 0.717) is 33.2 Å². The second kappa shape index (κ2) is 13.4. The molecule has 6 nitrogen and oxygen atoms in total. The van der Waals surface area contributed by atoms with Gasteiger partial charge in [0.25, 0.3) is 6.01 Å². The predicted molar refractivity (Wildman–Crippen MR) is 187 cm³/mol. The highest BCUT2D eigenvalue weighted by atomic mass is 127. The highest BCUT2D eigenvalue weighted by molar-refractivity contribution is 14.1. The zero-order valence-corrected chi connectivity index (χ0v) is 27.7. The van der Waals surface area contributed by atoms with Crippen molar-refractivity contribution in [3.8, 4) is 34.0 Å². The van der Waals surface area contributed by atoms with Gasteiger partial charge in [0.15, 0.2) is 0 Å². The molecule has 5 aromatic carbocycles. The van der Waals surface area contributed by atoms with E-state index in [0.717, 1.165) is 32.2 Å². The van der Waals surface area contributed by atoms with Gasteiger partial charge in [0.2, 0.25) is 0 Å². The Balaban J connectivity index is 1.22. The van der Waals surface area contributed by atoms with Crippen molar-refractivity contribution >= 4 is 69.7 Å². The molecule has 0 saturated heterocycles. The number of imidazole rings is 1. The molecule has 0 bridgehead atoms. The van der Waals surface area contributed by atoms with E-state index >= 15 is 0 Å². The second-order valence-electron chi connectivity index (χ2n) is 10.1. The van der Waals surface area contributed by atoms with Crippen molar-refractivity contribution in [1.29, 1.82) is 0 Å². The van der Waals surface area contributed by atoms with Crippen molar-refractivity contribution in [2.24, 2.45) is 0 Å². The fourth-order valence-electron chi connectivity index (χ4n) is 4.90. The first-order chi connectivity index (χ1) is 21.3. The number of rotatable bonds is 10.